The Hall–Kier alpha value is -1.23. The summed E-state index contributed by atoms with van der Waals surface area (Å²) in [5, 5.41) is 20.9. The molecule has 0 unspecified atom stereocenters. The highest BCUT2D eigenvalue weighted by Crippen LogP contribution is 2.35. The molecule has 1 aliphatic rings. The predicted octanol–water partition coefficient (Wildman–Crippen LogP) is 1.84. The van der Waals surface area contributed by atoms with Gasteiger partial charge in [0.1, 0.15) is 0 Å². The molecular weight excluding hydrogens is 228 g/mol. The standard InChI is InChI=1S/C13H22N4O/c1-10-11(2)16-17-12(15-10)14-8-13(9-18)6-4-3-5-7-13/h18H,3-9H2,1-2H3,(H,14,15,17). The molecule has 2 N–H and O–H groups in total. The minimum absolute atomic E-state index is 0.000398. The summed E-state index contributed by atoms with van der Waals surface area (Å²) in [6, 6.07) is 0. The van der Waals surface area contributed by atoms with E-state index in [4.69, 9.17) is 0 Å². The SMILES string of the molecule is Cc1nnc(NCC2(CO)CCCCC2)nc1C. The van der Waals surface area contributed by atoms with Crippen LogP contribution in [-0.4, -0.2) is 33.4 Å². The first kappa shape index (κ1) is 13.2. The maximum absolute atomic E-state index is 9.62. The van der Waals surface area contributed by atoms with Gasteiger partial charge in [-0.2, -0.15) is 5.10 Å². The Bertz CT molecular complexity index is 402. The van der Waals surface area contributed by atoms with E-state index >= 15 is 0 Å². The van der Waals surface area contributed by atoms with Gasteiger partial charge in [0.05, 0.1) is 18.0 Å². The lowest BCUT2D eigenvalue weighted by molar-refractivity contribution is 0.0942. The van der Waals surface area contributed by atoms with Crippen molar-refractivity contribution in [2.24, 2.45) is 5.41 Å². The molecule has 0 atom stereocenters. The van der Waals surface area contributed by atoms with Crippen LogP contribution in [0.2, 0.25) is 0 Å². The smallest absolute Gasteiger partial charge is 0.242 e. The molecule has 5 nitrogen and oxygen atoms in total. The maximum atomic E-state index is 9.62. The third-order valence-electron chi connectivity index (χ3n) is 3.96. The quantitative estimate of drug-likeness (QED) is 0.853. The number of nitrogens with zero attached hydrogens (tertiary/aromatic N) is 3. The van der Waals surface area contributed by atoms with Crippen molar-refractivity contribution in [1.82, 2.24) is 15.2 Å². The third-order valence-corrected chi connectivity index (χ3v) is 3.96. The van der Waals surface area contributed by atoms with Crippen LogP contribution in [0.4, 0.5) is 5.95 Å². The molecule has 0 spiro atoms. The number of nitrogens with one attached hydrogen (secondary N) is 1. The zero-order chi connectivity index (χ0) is 13.0. The zero-order valence-electron chi connectivity index (χ0n) is 11.2. The van der Waals surface area contributed by atoms with Crippen LogP contribution in [0.1, 0.15) is 43.5 Å². The molecule has 0 aromatic carbocycles. The summed E-state index contributed by atoms with van der Waals surface area (Å²) >= 11 is 0. The van der Waals surface area contributed by atoms with Gasteiger partial charge >= 0.3 is 0 Å². The monoisotopic (exact) mass is 250 g/mol. The van der Waals surface area contributed by atoms with Crippen molar-refractivity contribution in [2.75, 3.05) is 18.5 Å². The molecule has 1 aliphatic carbocycles. The van der Waals surface area contributed by atoms with Gasteiger partial charge in [-0.3, -0.25) is 0 Å². The number of aryl methyl sites for hydroxylation is 2. The topological polar surface area (TPSA) is 70.9 Å². The minimum Gasteiger partial charge on any atom is -0.396 e. The van der Waals surface area contributed by atoms with E-state index in [-0.39, 0.29) is 12.0 Å². The molecule has 5 heteroatoms. The lowest BCUT2D eigenvalue weighted by Crippen LogP contribution is -2.36. The number of hydrogen-bond acceptors (Lipinski definition) is 5. The second-order valence-electron chi connectivity index (χ2n) is 5.38. The molecule has 1 aromatic rings. The Kier molecular flexibility index (Phi) is 4.11. The first-order chi connectivity index (χ1) is 8.65. The largest absolute Gasteiger partial charge is 0.396 e. The first-order valence-electron chi connectivity index (χ1n) is 6.68. The number of aromatic nitrogens is 3. The normalized spacial score (nSPS) is 18.6. The van der Waals surface area contributed by atoms with Crippen LogP contribution in [0.3, 0.4) is 0 Å². The maximum Gasteiger partial charge on any atom is 0.242 e. The Labute approximate surface area is 108 Å². The number of aliphatic hydroxyl groups is 1. The number of anilines is 1. The van der Waals surface area contributed by atoms with Crippen molar-refractivity contribution in [2.45, 2.75) is 46.0 Å². The minimum atomic E-state index is 0.000398. The van der Waals surface area contributed by atoms with Crippen LogP contribution >= 0.6 is 0 Å². The second kappa shape index (κ2) is 5.61. The highest BCUT2D eigenvalue weighted by Gasteiger charge is 2.31. The fourth-order valence-electron chi connectivity index (χ4n) is 2.49. The predicted molar refractivity (Wildman–Crippen MR) is 70.4 cm³/mol. The highest BCUT2D eigenvalue weighted by molar-refractivity contribution is 5.25. The highest BCUT2D eigenvalue weighted by atomic mass is 16.3. The van der Waals surface area contributed by atoms with Crippen molar-refractivity contribution < 1.29 is 5.11 Å². The summed E-state index contributed by atoms with van der Waals surface area (Å²) in [6.45, 7) is 4.79. The molecule has 18 heavy (non-hydrogen) atoms. The number of rotatable bonds is 4. The number of aliphatic hydroxyl groups excluding tert-OH is 1. The summed E-state index contributed by atoms with van der Waals surface area (Å²) in [7, 11) is 0. The molecule has 0 amide bonds. The molecule has 1 aromatic heterocycles. The van der Waals surface area contributed by atoms with Gasteiger partial charge in [0.15, 0.2) is 0 Å². The zero-order valence-corrected chi connectivity index (χ0v) is 11.2. The summed E-state index contributed by atoms with van der Waals surface area (Å²) in [5.74, 6) is 0.566. The van der Waals surface area contributed by atoms with E-state index in [0.29, 0.717) is 5.95 Å². The first-order valence-corrected chi connectivity index (χ1v) is 6.68. The molecule has 2 rings (SSSR count). The van der Waals surface area contributed by atoms with Gasteiger partial charge in [0.2, 0.25) is 5.95 Å². The van der Waals surface area contributed by atoms with Gasteiger partial charge in [-0.05, 0) is 26.7 Å². The van der Waals surface area contributed by atoms with Crippen LogP contribution in [0.15, 0.2) is 0 Å². The molecular formula is C13H22N4O. The number of hydrogen-bond donors (Lipinski definition) is 2. The van der Waals surface area contributed by atoms with Crippen molar-refractivity contribution in [3.05, 3.63) is 11.4 Å². The van der Waals surface area contributed by atoms with E-state index in [9.17, 15) is 5.11 Å². The Balaban J connectivity index is 1.98. The third kappa shape index (κ3) is 2.96. The molecule has 0 radical (unpaired) electrons. The average molecular weight is 250 g/mol. The van der Waals surface area contributed by atoms with Crippen molar-refractivity contribution in [3.8, 4) is 0 Å². The fourth-order valence-corrected chi connectivity index (χ4v) is 2.49. The van der Waals surface area contributed by atoms with Crippen molar-refractivity contribution in [1.29, 1.82) is 0 Å². The second-order valence-corrected chi connectivity index (χ2v) is 5.38. The average Bonchev–Trinajstić information content (AvgIpc) is 2.41. The lowest BCUT2D eigenvalue weighted by Gasteiger charge is -2.35. The van der Waals surface area contributed by atoms with Gasteiger partial charge in [-0.25, -0.2) is 4.98 Å². The molecule has 0 saturated heterocycles. The van der Waals surface area contributed by atoms with Crippen LogP contribution in [0.25, 0.3) is 0 Å². The van der Waals surface area contributed by atoms with E-state index in [0.717, 1.165) is 30.8 Å². The van der Waals surface area contributed by atoms with E-state index in [1.807, 2.05) is 13.8 Å². The van der Waals surface area contributed by atoms with Gasteiger partial charge in [0, 0.05) is 12.0 Å². The molecule has 1 heterocycles. The summed E-state index contributed by atoms with van der Waals surface area (Å²) in [5.41, 5.74) is 1.75. The lowest BCUT2D eigenvalue weighted by atomic mass is 9.74. The van der Waals surface area contributed by atoms with Crippen LogP contribution in [0.5, 0.6) is 0 Å². The van der Waals surface area contributed by atoms with Gasteiger partial charge in [-0.15, -0.1) is 5.10 Å². The van der Waals surface area contributed by atoms with Gasteiger partial charge in [-0.1, -0.05) is 19.3 Å². The molecule has 0 aliphatic heterocycles. The van der Waals surface area contributed by atoms with Crippen molar-refractivity contribution >= 4 is 5.95 Å². The van der Waals surface area contributed by atoms with E-state index in [1.165, 1.54) is 19.3 Å². The summed E-state index contributed by atoms with van der Waals surface area (Å²) < 4.78 is 0. The summed E-state index contributed by atoms with van der Waals surface area (Å²) in [4.78, 5) is 4.36. The Morgan fingerprint density at radius 1 is 1.11 bits per heavy atom. The van der Waals surface area contributed by atoms with E-state index < -0.39 is 0 Å². The van der Waals surface area contributed by atoms with E-state index in [2.05, 4.69) is 20.5 Å². The van der Waals surface area contributed by atoms with Crippen LogP contribution < -0.4 is 5.32 Å². The van der Waals surface area contributed by atoms with Gasteiger partial charge < -0.3 is 10.4 Å². The van der Waals surface area contributed by atoms with Crippen molar-refractivity contribution in [3.63, 3.8) is 0 Å². The Morgan fingerprint density at radius 2 is 1.83 bits per heavy atom. The van der Waals surface area contributed by atoms with E-state index in [1.54, 1.807) is 0 Å². The fraction of sp³-hybridized carbons (Fsp3) is 0.769. The van der Waals surface area contributed by atoms with Crippen LogP contribution in [-0.2, 0) is 0 Å². The Morgan fingerprint density at radius 3 is 2.44 bits per heavy atom. The molecule has 1 saturated carbocycles. The van der Waals surface area contributed by atoms with Crippen LogP contribution in [0, 0.1) is 19.3 Å². The molecule has 1 fully saturated rings. The summed E-state index contributed by atoms with van der Waals surface area (Å²) in [6.07, 6.45) is 5.84. The van der Waals surface area contributed by atoms with Gasteiger partial charge in [0.25, 0.3) is 0 Å². The molecule has 100 valence electrons. The molecule has 0 bridgehead atoms.